The second kappa shape index (κ2) is 8.18. The van der Waals surface area contributed by atoms with Gasteiger partial charge in [0, 0.05) is 5.02 Å². The highest BCUT2D eigenvalue weighted by molar-refractivity contribution is 6.30. The molecule has 0 radical (unpaired) electrons. The first-order valence-corrected chi connectivity index (χ1v) is 5.67. The van der Waals surface area contributed by atoms with Crippen LogP contribution in [0.5, 0.6) is 0 Å². The standard InChI is InChI=1S/C14H17Cl.CH4/c1-3-4-5-7-12(2)10-13-8-6-9-14(15)11-13;/h4-9,11H,3,10H2,1-2H3;1H4/b5-4-,12-7+;. The predicted octanol–water partition coefficient (Wildman–Crippen LogP) is 5.43. The van der Waals surface area contributed by atoms with Crippen molar-refractivity contribution in [1.29, 1.82) is 0 Å². The number of hydrogen-bond acceptors (Lipinski definition) is 0. The monoisotopic (exact) mass is 236 g/mol. The highest BCUT2D eigenvalue weighted by Crippen LogP contribution is 2.14. The molecular weight excluding hydrogens is 216 g/mol. The van der Waals surface area contributed by atoms with Gasteiger partial charge in [-0.3, -0.25) is 0 Å². The first-order valence-electron chi connectivity index (χ1n) is 5.29. The Bertz CT molecular complexity index is 361. The van der Waals surface area contributed by atoms with Crippen LogP contribution < -0.4 is 0 Å². The summed E-state index contributed by atoms with van der Waals surface area (Å²) in [5, 5.41) is 0.810. The van der Waals surface area contributed by atoms with E-state index in [0.29, 0.717) is 0 Å². The van der Waals surface area contributed by atoms with Crippen LogP contribution in [0.2, 0.25) is 5.02 Å². The van der Waals surface area contributed by atoms with E-state index in [-0.39, 0.29) is 7.43 Å². The molecule has 0 saturated carbocycles. The van der Waals surface area contributed by atoms with Crippen LogP contribution in [0.3, 0.4) is 0 Å². The van der Waals surface area contributed by atoms with Gasteiger partial charge in [-0.1, -0.05) is 61.9 Å². The smallest absolute Gasteiger partial charge is 0.0408 e. The van der Waals surface area contributed by atoms with Crippen LogP contribution >= 0.6 is 11.6 Å². The van der Waals surface area contributed by atoms with Gasteiger partial charge < -0.3 is 0 Å². The molecule has 0 bridgehead atoms. The lowest BCUT2D eigenvalue weighted by atomic mass is 10.1. The van der Waals surface area contributed by atoms with Crippen LogP contribution in [0.4, 0.5) is 0 Å². The minimum absolute atomic E-state index is 0. The van der Waals surface area contributed by atoms with E-state index in [2.05, 4.69) is 38.1 Å². The second-order valence-corrected chi connectivity index (χ2v) is 4.09. The molecule has 0 aliphatic carbocycles. The summed E-state index contributed by atoms with van der Waals surface area (Å²) in [6, 6.07) is 8.02. The molecule has 0 aromatic heterocycles. The van der Waals surface area contributed by atoms with Crippen molar-refractivity contribution in [2.45, 2.75) is 34.1 Å². The van der Waals surface area contributed by atoms with E-state index in [4.69, 9.17) is 11.6 Å². The number of benzene rings is 1. The van der Waals surface area contributed by atoms with Gasteiger partial charge >= 0.3 is 0 Å². The van der Waals surface area contributed by atoms with Gasteiger partial charge in [0.05, 0.1) is 0 Å². The maximum atomic E-state index is 5.92. The molecule has 0 heterocycles. The third-order valence-corrected chi connectivity index (χ3v) is 2.36. The molecule has 1 rings (SSSR count). The van der Waals surface area contributed by atoms with Gasteiger partial charge in [0.2, 0.25) is 0 Å². The molecule has 1 aromatic carbocycles. The van der Waals surface area contributed by atoms with Crippen molar-refractivity contribution in [3.63, 3.8) is 0 Å². The van der Waals surface area contributed by atoms with Gasteiger partial charge in [0.15, 0.2) is 0 Å². The third kappa shape index (κ3) is 5.77. The summed E-state index contributed by atoms with van der Waals surface area (Å²) in [6.07, 6.45) is 8.47. The van der Waals surface area contributed by atoms with Crippen molar-refractivity contribution in [1.82, 2.24) is 0 Å². The van der Waals surface area contributed by atoms with E-state index in [9.17, 15) is 0 Å². The zero-order valence-electron chi connectivity index (χ0n) is 9.33. The van der Waals surface area contributed by atoms with Crippen LogP contribution in [-0.4, -0.2) is 0 Å². The Balaban J connectivity index is 0.00000225. The molecule has 0 aliphatic rings. The Labute approximate surface area is 105 Å². The molecule has 0 unspecified atom stereocenters. The average Bonchev–Trinajstić information content (AvgIpc) is 2.18. The SMILES string of the molecule is C.CC/C=C\C=C(/C)Cc1cccc(Cl)c1. The van der Waals surface area contributed by atoms with Crippen molar-refractivity contribution in [2.75, 3.05) is 0 Å². The second-order valence-electron chi connectivity index (χ2n) is 3.66. The highest BCUT2D eigenvalue weighted by atomic mass is 35.5. The Morgan fingerprint density at radius 1 is 1.38 bits per heavy atom. The molecular formula is C15H21Cl. The lowest BCUT2D eigenvalue weighted by Crippen LogP contribution is -1.85. The zero-order valence-corrected chi connectivity index (χ0v) is 10.1. The molecule has 0 fully saturated rings. The number of allylic oxidation sites excluding steroid dienone is 4. The molecule has 0 nitrogen and oxygen atoms in total. The minimum atomic E-state index is 0. The molecule has 88 valence electrons. The topological polar surface area (TPSA) is 0 Å². The van der Waals surface area contributed by atoms with Crippen molar-refractivity contribution < 1.29 is 0 Å². The van der Waals surface area contributed by atoms with Crippen molar-refractivity contribution in [3.05, 3.63) is 58.7 Å². The normalized spacial score (nSPS) is 11.6. The van der Waals surface area contributed by atoms with Crippen LogP contribution in [0.1, 0.15) is 33.3 Å². The Hall–Kier alpha value is -1.01. The first-order chi connectivity index (χ1) is 7.22. The molecule has 0 atom stereocenters. The van der Waals surface area contributed by atoms with E-state index >= 15 is 0 Å². The summed E-state index contributed by atoms with van der Waals surface area (Å²) in [5.74, 6) is 0. The van der Waals surface area contributed by atoms with E-state index in [1.165, 1.54) is 11.1 Å². The number of rotatable bonds is 4. The Kier molecular flexibility index (Phi) is 7.66. The van der Waals surface area contributed by atoms with Gasteiger partial charge in [0.25, 0.3) is 0 Å². The van der Waals surface area contributed by atoms with Crippen molar-refractivity contribution >= 4 is 11.6 Å². The molecule has 0 N–H and O–H groups in total. The van der Waals surface area contributed by atoms with Gasteiger partial charge in [-0.2, -0.15) is 0 Å². The molecule has 1 heteroatoms. The summed E-state index contributed by atoms with van der Waals surface area (Å²) in [5.41, 5.74) is 2.61. The first kappa shape index (κ1) is 15.0. The van der Waals surface area contributed by atoms with E-state index in [1.807, 2.05) is 18.2 Å². The van der Waals surface area contributed by atoms with E-state index in [0.717, 1.165) is 17.9 Å². The molecule has 0 aliphatic heterocycles. The third-order valence-electron chi connectivity index (χ3n) is 2.12. The van der Waals surface area contributed by atoms with Crippen LogP contribution in [0.25, 0.3) is 0 Å². The fraction of sp³-hybridized carbons (Fsp3) is 0.333. The van der Waals surface area contributed by atoms with Crippen LogP contribution in [0, 0.1) is 0 Å². The zero-order chi connectivity index (χ0) is 11.1. The number of hydrogen-bond donors (Lipinski definition) is 0. The maximum Gasteiger partial charge on any atom is 0.0408 e. The molecule has 0 amide bonds. The summed E-state index contributed by atoms with van der Waals surface area (Å²) in [6.45, 7) is 4.28. The fourth-order valence-electron chi connectivity index (χ4n) is 1.40. The lowest BCUT2D eigenvalue weighted by molar-refractivity contribution is 1.14. The fourth-order valence-corrected chi connectivity index (χ4v) is 1.61. The molecule has 0 spiro atoms. The van der Waals surface area contributed by atoms with E-state index < -0.39 is 0 Å². The largest absolute Gasteiger partial charge is 0.0848 e. The Morgan fingerprint density at radius 3 is 2.75 bits per heavy atom. The average molecular weight is 237 g/mol. The van der Waals surface area contributed by atoms with Gasteiger partial charge in [-0.15, -0.1) is 0 Å². The Morgan fingerprint density at radius 2 is 2.12 bits per heavy atom. The molecule has 0 saturated heterocycles. The molecule has 1 aromatic rings. The summed E-state index contributed by atoms with van der Waals surface area (Å²) in [4.78, 5) is 0. The van der Waals surface area contributed by atoms with Gasteiger partial charge in [0.1, 0.15) is 0 Å². The maximum absolute atomic E-state index is 5.92. The summed E-state index contributed by atoms with van der Waals surface area (Å²) < 4.78 is 0. The minimum Gasteiger partial charge on any atom is -0.0848 e. The van der Waals surface area contributed by atoms with Gasteiger partial charge in [-0.25, -0.2) is 0 Å². The summed E-state index contributed by atoms with van der Waals surface area (Å²) >= 11 is 5.92. The lowest BCUT2D eigenvalue weighted by Gasteiger charge is -2.01. The van der Waals surface area contributed by atoms with Crippen molar-refractivity contribution in [3.8, 4) is 0 Å². The highest BCUT2D eigenvalue weighted by Gasteiger charge is 1.94. The van der Waals surface area contributed by atoms with E-state index in [1.54, 1.807) is 0 Å². The number of halogens is 1. The quantitative estimate of drug-likeness (QED) is 0.612. The predicted molar refractivity (Wildman–Crippen MR) is 75.1 cm³/mol. The molecule has 16 heavy (non-hydrogen) atoms. The summed E-state index contributed by atoms with van der Waals surface area (Å²) in [7, 11) is 0. The van der Waals surface area contributed by atoms with Crippen LogP contribution in [-0.2, 0) is 6.42 Å². The van der Waals surface area contributed by atoms with Crippen molar-refractivity contribution in [2.24, 2.45) is 0 Å². The van der Waals surface area contributed by atoms with Crippen LogP contribution in [0.15, 0.2) is 48.1 Å². The van der Waals surface area contributed by atoms with Gasteiger partial charge in [-0.05, 0) is 37.5 Å².